The van der Waals surface area contributed by atoms with Crippen LogP contribution in [0.4, 0.5) is 11.6 Å². The van der Waals surface area contributed by atoms with Crippen LogP contribution in [0.2, 0.25) is 0 Å². The Balaban J connectivity index is 1.65. The van der Waals surface area contributed by atoms with E-state index in [0.717, 1.165) is 19.4 Å². The second-order valence-corrected chi connectivity index (χ2v) is 5.90. The molecule has 4 heterocycles. The van der Waals surface area contributed by atoms with E-state index >= 15 is 0 Å². The number of fused-ring (bicyclic) bond motifs is 1. The van der Waals surface area contributed by atoms with Crippen LogP contribution in [-0.4, -0.2) is 58.0 Å². The second kappa shape index (κ2) is 5.43. The van der Waals surface area contributed by atoms with Gasteiger partial charge in [-0.15, -0.1) is 0 Å². The molecular formula is C14H17N5O4. The number of nitrogens with zero attached hydrogens (tertiary/aromatic N) is 5. The van der Waals surface area contributed by atoms with Gasteiger partial charge in [-0.2, -0.15) is 0 Å². The third kappa shape index (κ3) is 2.51. The lowest BCUT2D eigenvalue weighted by atomic mass is 9.92. The fourth-order valence-electron chi connectivity index (χ4n) is 3.23. The smallest absolute Gasteiger partial charge is 0.368 e. The third-order valence-electron chi connectivity index (χ3n) is 4.49. The molecule has 2 aromatic rings. The van der Waals surface area contributed by atoms with Gasteiger partial charge in [0.25, 0.3) is 0 Å². The molecule has 0 bridgehead atoms. The SMILES string of the molecule is O=[N+]([O-])c1cnc2ccc(N3CCOC4(CCOCC4)C3)nn12. The summed E-state index contributed by atoms with van der Waals surface area (Å²) in [5.41, 5.74) is 0.267. The Morgan fingerprint density at radius 1 is 1.26 bits per heavy atom. The van der Waals surface area contributed by atoms with Gasteiger partial charge in [-0.25, -0.2) is 4.98 Å². The molecule has 0 aromatic carbocycles. The largest absolute Gasteiger partial charge is 0.381 e. The lowest BCUT2D eigenvalue weighted by Crippen LogP contribution is -2.54. The Labute approximate surface area is 132 Å². The molecule has 9 heteroatoms. The van der Waals surface area contributed by atoms with E-state index in [2.05, 4.69) is 15.0 Å². The van der Waals surface area contributed by atoms with Crippen molar-refractivity contribution in [3.8, 4) is 0 Å². The molecule has 0 unspecified atom stereocenters. The highest BCUT2D eigenvalue weighted by atomic mass is 16.6. The zero-order chi connectivity index (χ0) is 15.9. The first-order chi connectivity index (χ1) is 11.2. The Hall–Kier alpha value is -2.26. The fraction of sp³-hybridized carbons (Fsp3) is 0.571. The molecule has 2 aromatic heterocycles. The van der Waals surface area contributed by atoms with Gasteiger partial charge in [0.1, 0.15) is 6.20 Å². The van der Waals surface area contributed by atoms with Gasteiger partial charge in [0, 0.05) is 45.2 Å². The molecule has 2 aliphatic heterocycles. The lowest BCUT2D eigenvalue weighted by molar-refractivity contribution is -0.391. The van der Waals surface area contributed by atoms with E-state index in [1.54, 1.807) is 6.07 Å². The Bertz CT molecular complexity index is 734. The number of morpholine rings is 1. The molecule has 1 spiro atoms. The predicted molar refractivity (Wildman–Crippen MR) is 80.6 cm³/mol. The number of nitro groups is 1. The van der Waals surface area contributed by atoms with Crippen LogP contribution in [-0.2, 0) is 9.47 Å². The molecule has 0 amide bonds. The molecule has 2 saturated heterocycles. The minimum atomic E-state index is -0.476. The van der Waals surface area contributed by atoms with Gasteiger partial charge in [-0.1, -0.05) is 9.61 Å². The van der Waals surface area contributed by atoms with Crippen molar-refractivity contribution in [2.45, 2.75) is 18.4 Å². The van der Waals surface area contributed by atoms with Gasteiger partial charge in [-0.3, -0.25) is 0 Å². The highest BCUT2D eigenvalue weighted by molar-refractivity contribution is 5.49. The molecule has 0 radical (unpaired) electrons. The van der Waals surface area contributed by atoms with Crippen molar-refractivity contribution in [3.05, 3.63) is 28.4 Å². The monoisotopic (exact) mass is 319 g/mol. The maximum atomic E-state index is 11.1. The van der Waals surface area contributed by atoms with Crippen molar-refractivity contribution in [2.75, 3.05) is 37.8 Å². The van der Waals surface area contributed by atoms with Crippen molar-refractivity contribution in [2.24, 2.45) is 0 Å². The molecule has 2 aliphatic rings. The number of hydrogen-bond donors (Lipinski definition) is 0. The van der Waals surface area contributed by atoms with Gasteiger partial charge in [-0.05, 0) is 11.0 Å². The minimum Gasteiger partial charge on any atom is -0.381 e. The Morgan fingerprint density at radius 2 is 2.09 bits per heavy atom. The van der Waals surface area contributed by atoms with Gasteiger partial charge in [0.15, 0.2) is 5.82 Å². The van der Waals surface area contributed by atoms with E-state index in [4.69, 9.17) is 9.47 Å². The number of imidazole rings is 1. The number of rotatable bonds is 2. The van der Waals surface area contributed by atoms with Crippen LogP contribution in [0.5, 0.6) is 0 Å². The topological polar surface area (TPSA) is 95.0 Å². The van der Waals surface area contributed by atoms with Crippen LogP contribution in [0, 0.1) is 10.1 Å². The quantitative estimate of drug-likeness (QED) is 0.602. The normalized spacial score (nSPS) is 21.0. The van der Waals surface area contributed by atoms with Gasteiger partial charge >= 0.3 is 5.82 Å². The van der Waals surface area contributed by atoms with Crippen molar-refractivity contribution in [1.29, 1.82) is 0 Å². The van der Waals surface area contributed by atoms with Gasteiger partial charge < -0.3 is 24.5 Å². The molecular weight excluding hydrogens is 302 g/mol. The highest BCUT2D eigenvalue weighted by Crippen LogP contribution is 2.31. The molecule has 122 valence electrons. The highest BCUT2D eigenvalue weighted by Gasteiger charge is 2.39. The first kappa shape index (κ1) is 14.3. The summed E-state index contributed by atoms with van der Waals surface area (Å²) in [6.45, 7) is 3.45. The third-order valence-corrected chi connectivity index (χ3v) is 4.49. The van der Waals surface area contributed by atoms with Crippen LogP contribution in [0.15, 0.2) is 18.3 Å². The van der Waals surface area contributed by atoms with Crippen LogP contribution in [0.3, 0.4) is 0 Å². The Morgan fingerprint density at radius 3 is 2.87 bits per heavy atom. The van der Waals surface area contributed by atoms with E-state index in [-0.39, 0.29) is 11.4 Å². The minimum absolute atomic E-state index is 0.129. The first-order valence-electron chi connectivity index (χ1n) is 7.63. The summed E-state index contributed by atoms with van der Waals surface area (Å²) >= 11 is 0. The average Bonchev–Trinajstić information content (AvgIpc) is 2.99. The molecule has 0 saturated carbocycles. The molecule has 9 nitrogen and oxygen atoms in total. The number of ether oxygens (including phenoxy) is 2. The molecule has 0 N–H and O–H groups in total. The summed E-state index contributed by atoms with van der Waals surface area (Å²) in [5, 5.41) is 15.5. The first-order valence-corrected chi connectivity index (χ1v) is 7.63. The molecule has 23 heavy (non-hydrogen) atoms. The van der Waals surface area contributed by atoms with E-state index in [0.29, 0.717) is 37.8 Å². The van der Waals surface area contributed by atoms with Gasteiger partial charge in [0.05, 0.1) is 12.2 Å². The number of hydrogen-bond acceptors (Lipinski definition) is 7. The number of anilines is 1. The van der Waals surface area contributed by atoms with E-state index < -0.39 is 4.92 Å². The average molecular weight is 319 g/mol. The standard InChI is InChI=1S/C14H17N5O4/c20-19(21)13-9-15-11-1-2-12(16-18(11)13)17-5-8-23-14(10-17)3-6-22-7-4-14/h1-2,9H,3-8,10H2. The molecule has 0 atom stereocenters. The molecule has 2 fully saturated rings. The maximum absolute atomic E-state index is 11.1. The predicted octanol–water partition coefficient (Wildman–Crippen LogP) is 1.02. The lowest BCUT2D eigenvalue weighted by Gasteiger charge is -2.44. The summed E-state index contributed by atoms with van der Waals surface area (Å²) in [5.74, 6) is 0.573. The van der Waals surface area contributed by atoms with Crippen molar-refractivity contribution in [3.63, 3.8) is 0 Å². The van der Waals surface area contributed by atoms with E-state index in [1.807, 2.05) is 6.07 Å². The second-order valence-electron chi connectivity index (χ2n) is 5.90. The summed E-state index contributed by atoms with van der Waals surface area (Å²) in [6, 6.07) is 3.60. The molecule has 0 aliphatic carbocycles. The number of aromatic nitrogens is 3. The molecule has 4 rings (SSSR count). The van der Waals surface area contributed by atoms with Crippen LogP contribution < -0.4 is 4.90 Å². The van der Waals surface area contributed by atoms with Crippen LogP contribution in [0.25, 0.3) is 5.65 Å². The van der Waals surface area contributed by atoms with Crippen molar-refractivity contribution < 1.29 is 14.4 Å². The maximum Gasteiger partial charge on any atom is 0.368 e. The summed E-state index contributed by atoms with van der Waals surface area (Å²) in [6.07, 6.45) is 2.94. The Kier molecular flexibility index (Phi) is 3.38. The van der Waals surface area contributed by atoms with Crippen LogP contribution in [0.1, 0.15) is 12.8 Å². The van der Waals surface area contributed by atoms with Crippen LogP contribution >= 0.6 is 0 Å². The summed E-state index contributed by atoms with van der Waals surface area (Å²) < 4.78 is 12.7. The fourth-order valence-corrected chi connectivity index (χ4v) is 3.23. The van der Waals surface area contributed by atoms with E-state index in [9.17, 15) is 10.1 Å². The van der Waals surface area contributed by atoms with Gasteiger partial charge in [0.2, 0.25) is 5.65 Å². The van der Waals surface area contributed by atoms with Crippen molar-refractivity contribution in [1.82, 2.24) is 14.6 Å². The summed E-state index contributed by atoms with van der Waals surface area (Å²) in [7, 11) is 0. The zero-order valence-electron chi connectivity index (χ0n) is 12.6. The summed E-state index contributed by atoms with van der Waals surface area (Å²) in [4.78, 5) is 16.7. The van der Waals surface area contributed by atoms with Crippen molar-refractivity contribution >= 4 is 17.3 Å². The van der Waals surface area contributed by atoms with E-state index in [1.165, 1.54) is 10.7 Å². The zero-order valence-corrected chi connectivity index (χ0v) is 12.6.